The van der Waals surface area contributed by atoms with E-state index in [9.17, 15) is 0 Å². The minimum absolute atomic E-state index is 0.161. The number of hydrogen-bond acceptors (Lipinski definition) is 2. The second-order valence-corrected chi connectivity index (χ2v) is 15.1. The molecule has 3 aromatic carbocycles. The molecule has 244 valence electrons. The van der Waals surface area contributed by atoms with Gasteiger partial charge in [-0.15, -0.1) is 0 Å². The number of piperidine rings is 1. The molecular weight excluding hydrogens is 569 g/mol. The fourth-order valence-electron chi connectivity index (χ4n) is 8.94. The van der Waals surface area contributed by atoms with E-state index in [1.54, 1.807) is 5.57 Å². The first-order valence-electron chi connectivity index (χ1n) is 17.9. The summed E-state index contributed by atoms with van der Waals surface area (Å²) in [6, 6.07) is 29.3. The summed E-state index contributed by atoms with van der Waals surface area (Å²) in [5.74, 6) is 1.06. The Balaban J connectivity index is 1.43. The Labute approximate surface area is 284 Å². The topological polar surface area (TPSA) is 6.48 Å². The first-order chi connectivity index (χ1) is 22.5. The lowest BCUT2D eigenvalue weighted by atomic mass is 9.74. The maximum Gasteiger partial charge on any atom is 0.0505 e. The number of likely N-dealkylation sites (N-methyl/N-ethyl adjacent to an activating group) is 1. The number of nitrogens with zero attached hydrogens (tertiary/aromatic N) is 2. The van der Waals surface area contributed by atoms with Gasteiger partial charge in [-0.25, -0.2) is 0 Å². The van der Waals surface area contributed by atoms with E-state index < -0.39 is 0 Å². The molecule has 3 aliphatic rings. The summed E-state index contributed by atoms with van der Waals surface area (Å²) in [7, 11) is 0. The smallest absolute Gasteiger partial charge is 0.0505 e. The summed E-state index contributed by atoms with van der Waals surface area (Å²) in [4.78, 5) is 5.25. The number of fused-ring (bicyclic) bond motifs is 2. The number of anilines is 1. The number of likely N-dealkylation sites (tertiary alicyclic amines) is 1. The standard InChI is InChI=1S/C45H54N2/c1-9-46-42-26-24-36(28-40(42)32(3)30-44(46,5)6)38(34-18-13-11-14-19-34)22-17-23-39(35-20-15-12-16-21-35)37-25-27-43-41(29-37)33(4)31-45(7,8)47(43)10-2/h11-29,32-33,42H,9-10,30-31H2,1-8H3. The number of hydrogen-bond donors (Lipinski definition) is 0. The highest BCUT2D eigenvalue weighted by atomic mass is 15.2. The summed E-state index contributed by atoms with van der Waals surface area (Å²) < 4.78 is 0. The lowest BCUT2D eigenvalue weighted by molar-refractivity contribution is 0.0587. The molecule has 3 atom stereocenters. The third kappa shape index (κ3) is 6.50. The molecule has 1 fully saturated rings. The second kappa shape index (κ2) is 13.3. The Kier molecular flexibility index (Phi) is 9.36. The predicted molar refractivity (Wildman–Crippen MR) is 204 cm³/mol. The van der Waals surface area contributed by atoms with Crippen LogP contribution < -0.4 is 4.90 Å². The molecule has 0 aromatic heterocycles. The molecule has 0 bridgehead atoms. The molecule has 1 aliphatic carbocycles. The molecule has 0 spiro atoms. The van der Waals surface area contributed by atoms with Crippen LogP contribution in [0.2, 0.25) is 0 Å². The Morgan fingerprint density at radius 1 is 0.766 bits per heavy atom. The van der Waals surface area contributed by atoms with Crippen molar-refractivity contribution in [3.8, 4) is 0 Å². The average molecular weight is 623 g/mol. The van der Waals surface area contributed by atoms with Crippen LogP contribution in [0.1, 0.15) is 96.4 Å². The van der Waals surface area contributed by atoms with Crippen molar-refractivity contribution in [3.05, 3.63) is 149 Å². The molecule has 0 amide bonds. The van der Waals surface area contributed by atoms with Gasteiger partial charge in [0.25, 0.3) is 0 Å². The highest BCUT2D eigenvalue weighted by Gasteiger charge is 2.41. The van der Waals surface area contributed by atoms with Gasteiger partial charge in [0.05, 0.1) is 6.04 Å². The molecule has 0 saturated carbocycles. The fraction of sp³-hybridized carbons (Fsp3) is 0.378. The van der Waals surface area contributed by atoms with Gasteiger partial charge in [-0.2, -0.15) is 0 Å². The third-order valence-corrected chi connectivity index (χ3v) is 11.0. The van der Waals surface area contributed by atoms with Crippen molar-refractivity contribution >= 4 is 16.8 Å². The summed E-state index contributed by atoms with van der Waals surface area (Å²) in [6.07, 6.45) is 16.6. The summed E-state index contributed by atoms with van der Waals surface area (Å²) in [6.45, 7) is 21.0. The van der Waals surface area contributed by atoms with Crippen molar-refractivity contribution < 1.29 is 0 Å². The van der Waals surface area contributed by atoms with Crippen molar-refractivity contribution in [1.29, 1.82) is 0 Å². The Morgan fingerprint density at radius 3 is 2.09 bits per heavy atom. The predicted octanol–water partition coefficient (Wildman–Crippen LogP) is 11.2. The van der Waals surface area contributed by atoms with Crippen LogP contribution in [-0.2, 0) is 0 Å². The van der Waals surface area contributed by atoms with Crippen molar-refractivity contribution in [2.24, 2.45) is 5.92 Å². The summed E-state index contributed by atoms with van der Waals surface area (Å²) in [5.41, 5.74) is 12.3. The van der Waals surface area contributed by atoms with Gasteiger partial charge in [-0.3, -0.25) is 4.90 Å². The van der Waals surface area contributed by atoms with Crippen LogP contribution in [0.4, 0.5) is 5.69 Å². The minimum Gasteiger partial charge on any atom is -0.366 e. The second-order valence-electron chi connectivity index (χ2n) is 15.1. The van der Waals surface area contributed by atoms with Crippen molar-refractivity contribution in [2.45, 2.75) is 91.3 Å². The van der Waals surface area contributed by atoms with E-state index >= 15 is 0 Å². The first kappa shape index (κ1) is 33.0. The molecule has 1 saturated heterocycles. The van der Waals surface area contributed by atoms with Gasteiger partial charge in [-0.05, 0) is 123 Å². The molecule has 2 heteroatoms. The van der Waals surface area contributed by atoms with Crippen molar-refractivity contribution in [3.63, 3.8) is 0 Å². The van der Waals surface area contributed by atoms with Crippen LogP contribution in [-0.4, -0.2) is 35.1 Å². The summed E-state index contributed by atoms with van der Waals surface area (Å²) in [5, 5.41) is 0. The Hall–Kier alpha value is -3.88. The zero-order valence-corrected chi connectivity index (χ0v) is 29.9. The zero-order valence-electron chi connectivity index (χ0n) is 29.9. The maximum atomic E-state index is 2.67. The Morgan fingerprint density at radius 2 is 1.43 bits per heavy atom. The highest BCUT2D eigenvalue weighted by Crippen LogP contribution is 2.45. The molecule has 3 unspecified atom stereocenters. The van der Waals surface area contributed by atoms with Gasteiger partial charge in [0, 0.05) is 23.3 Å². The van der Waals surface area contributed by atoms with Crippen LogP contribution in [0.15, 0.2) is 126 Å². The van der Waals surface area contributed by atoms with Crippen LogP contribution >= 0.6 is 0 Å². The molecular formula is C45H54N2. The summed E-state index contributed by atoms with van der Waals surface area (Å²) >= 11 is 0. The van der Waals surface area contributed by atoms with Crippen molar-refractivity contribution in [1.82, 2.24) is 4.90 Å². The zero-order chi connectivity index (χ0) is 33.3. The van der Waals surface area contributed by atoms with E-state index in [-0.39, 0.29) is 11.1 Å². The highest BCUT2D eigenvalue weighted by molar-refractivity contribution is 5.85. The van der Waals surface area contributed by atoms with Crippen LogP contribution in [0, 0.1) is 5.92 Å². The minimum atomic E-state index is 0.161. The largest absolute Gasteiger partial charge is 0.366 e. The van der Waals surface area contributed by atoms with Gasteiger partial charge < -0.3 is 4.90 Å². The third-order valence-electron chi connectivity index (χ3n) is 11.0. The van der Waals surface area contributed by atoms with Crippen LogP contribution in [0.5, 0.6) is 0 Å². The molecule has 6 rings (SSSR count). The molecule has 0 N–H and O–H groups in total. The molecule has 0 radical (unpaired) electrons. The lowest BCUT2D eigenvalue weighted by Crippen LogP contribution is -2.55. The first-order valence-corrected chi connectivity index (χ1v) is 17.9. The maximum absolute atomic E-state index is 2.67. The van der Waals surface area contributed by atoms with E-state index in [4.69, 9.17) is 0 Å². The van der Waals surface area contributed by atoms with Crippen molar-refractivity contribution in [2.75, 3.05) is 18.0 Å². The quantitative estimate of drug-likeness (QED) is 0.242. The molecule has 3 aromatic rings. The SMILES string of the molecule is CCN1c2ccc(C(=CC=CC(=C3C=CC4C(=C3)C(C)CC(C)(C)N4CC)c3ccccc3)c3ccccc3)cc2C(C)CC1(C)C. The van der Waals surface area contributed by atoms with Gasteiger partial charge in [0.15, 0.2) is 0 Å². The van der Waals surface area contributed by atoms with Gasteiger partial charge in [0.2, 0.25) is 0 Å². The number of benzene rings is 3. The number of rotatable bonds is 7. The van der Waals surface area contributed by atoms with Gasteiger partial charge >= 0.3 is 0 Å². The van der Waals surface area contributed by atoms with Crippen LogP contribution in [0.3, 0.4) is 0 Å². The fourth-order valence-corrected chi connectivity index (χ4v) is 8.94. The van der Waals surface area contributed by atoms with E-state index in [1.807, 2.05) is 0 Å². The normalized spacial score (nSPS) is 24.9. The average Bonchev–Trinajstić information content (AvgIpc) is 3.05. The van der Waals surface area contributed by atoms with E-state index in [1.165, 1.54) is 51.1 Å². The molecule has 2 nitrogen and oxygen atoms in total. The lowest BCUT2D eigenvalue weighted by Gasteiger charge is -2.51. The van der Waals surface area contributed by atoms with Gasteiger partial charge in [0.1, 0.15) is 0 Å². The Bertz CT molecular complexity index is 1730. The van der Waals surface area contributed by atoms with E-state index in [2.05, 4.69) is 181 Å². The monoisotopic (exact) mass is 622 g/mol. The number of allylic oxidation sites excluding steroid dienone is 7. The van der Waals surface area contributed by atoms with E-state index in [0.717, 1.165) is 19.5 Å². The van der Waals surface area contributed by atoms with Crippen LogP contribution in [0.25, 0.3) is 11.1 Å². The molecule has 47 heavy (non-hydrogen) atoms. The molecule has 2 heterocycles. The van der Waals surface area contributed by atoms with Gasteiger partial charge in [-0.1, -0.05) is 124 Å². The van der Waals surface area contributed by atoms with E-state index in [0.29, 0.717) is 17.9 Å². The molecule has 2 aliphatic heterocycles.